The number of hydrogen-bond donors (Lipinski definition) is 1. The molecule has 1 aliphatic heterocycles. The third-order valence-electron chi connectivity index (χ3n) is 5.72. The van der Waals surface area contributed by atoms with Gasteiger partial charge in [-0.25, -0.2) is 4.39 Å². The third kappa shape index (κ3) is 5.83. The molecule has 1 fully saturated rings. The molecule has 1 atom stereocenters. The van der Waals surface area contributed by atoms with Gasteiger partial charge in [-0.15, -0.1) is 10.2 Å². The van der Waals surface area contributed by atoms with Crippen LogP contribution < -0.4 is 5.32 Å². The van der Waals surface area contributed by atoms with Gasteiger partial charge < -0.3 is 5.32 Å². The van der Waals surface area contributed by atoms with Gasteiger partial charge in [0.15, 0.2) is 11.0 Å². The van der Waals surface area contributed by atoms with Gasteiger partial charge in [-0.1, -0.05) is 32.0 Å². The zero-order valence-corrected chi connectivity index (χ0v) is 19.1. The molecule has 1 saturated heterocycles. The zero-order chi connectivity index (χ0) is 22.4. The first-order valence-electron chi connectivity index (χ1n) is 10.6. The second-order valence-corrected chi connectivity index (χ2v) is 9.30. The molecule has 0 bridgehead atoms. The lowest BCUT2D eigenvalue weighted by Crippen LogP contribution is -2.49. The van der Waals surface area contributed by atoms with Gasteiger partial charge >= 0.3 is 0 Å². The summed E-state index contributed by atoms with van der Waals surface area (Å²) < 4.78 is 15.4. The molecule has 2 heterocycles. The average molecular weight is 445 g/mol. The average Bonchev–Trinajstić information content (AvgIpc) is 3.15. The molecule has 0 aliphatic carbocycles. The molecule has 1 amide bonds. The highest BCUT2D eigenvalue weighted by Gasteiger charge is 2.30. The number of amides is 1. The molecular formula is C22H29FN6OS. The lowest BCUT2D eigenvalue weighted by Gasteiger charge is -2.27. The summed E-state index contributed by atoms with van der Waals surface area (Å²) in [6, 6.07) is 8.37. The Morgan fingerprint density at radius 1 is 1.26 bits per heavy atom. The molecule has 1 aromatic heterocycles. The topological polar surface area (TPSA) is 86.8 Å². The second-order valence-electron chi connectivity index (χ2n) is 8.35. The van der Waals surface area contributed by atoms with Gasteiger partial charge in [-0.05, 0) is 63.0 Å². The number of carbonyl (C=O) groups is 1. The van der Waals surface area contributed by atoms with Crippen LogP contribution in [0.1, 0.15) is 45.9 Å². The molecule has 0 spiro atoms. The van der Waals surface area contributed by atoms with E-state index in [9.17, 15) is 14.4 Å². The van der Waals surface area contributed by atoms with E-state index in [0.717, 1.165) is 24.6 Å². The van der Waals surface area contributed by atoms with Crippen LogP contribution in [-0.4, -0.2) is 50.0 Å². The molecule has 3 rings (SSSR count). The lowest BCUT2D eigenvalue weighted by molar-refractivity contribution is -0.120. The summed E-state index contributed by atoms with van der Waals surface area (Å²) in [4.78, 5) is 14.9. The van der Waals surface area contributed by atoms with Crippen LogP contribution >= 0.6 is 11.8 Å². The van der Waals surface area contributed by atoms with E-state index in [1.54, 1.807) is 19.1 Å². The maximum Gasteiger partial charge on any atom is 0.231 e. The number of thioether (sulfide) groups is 1. The van der Waals surface area contributed by atoms with Gasteiger partial charge in [0.2, 0.25) is 5.91 Å². The molecule has 31 heavy (non-hydrogen) atoms. The SMILES string of the molecule is CC(C)C(C)(C#N)NC(=O)CSc1nnc(CN2CCCCC2)n1-c1ccc(F)cc1. The number of piperidine rings is 1. The van der Waals surface area contributed by atoms with Crippen LogP contribution in [0.2, 0.25) is 0 Å². The maximum absolute atomic E-state index is 13.5. The largest absolute Gasteiger partial charge is 0.337 e. The Morgan fingerprint density at radius 3 is 2.55 bits per heavy atom. The Balaban J connectivity index is 1.78. The molecule has 1 N–H and O–H groups in total. The highest BCUT2D eigenvalue weighted by atomic mass is 32.2. The predicted molar refractivity (Wildman–Crippen MR) is 118 cm³/mol. The van der Waals surface area contributed by atoms with Gasteiger partial charge in [0, 0.05) is 5.69 Å². The smallest absolute Gasteiger partial charge is 0.231 e. The van der Waals surface area contributed by atoms with Crippen LogP contribution in [0.3, 0.4) is 0 Å². The van der Waals surface area contributed by atoms with E-state index in [1.165, 1.54) is 43.2 Å². The summed E-state index contributed by atoms with van der Waals surface area (Å²) in [6.45, 7) is 8.20. The fourth-order valence-electron chi connectivity index (χ4n) is 3.42. The third-order valence-corrected chi connectivity index (χ3v) is 6.65. The summed E-state index contributed by atoms with van der Waals surface area (Å²) >= 11 is 1.26. The van der Waals surface area contributed by atoms with Crippen LogP contribution in [0, 0.1) is 23.1 Å². The number of benzene rings is 1. The van der Waals surface area contributed by atoms with Crippen LogP contribution in [0.15, 0.2) is 29.4 Å². The molecule has 0 saturated carbocycles. The van der Waals surface area contributed by atoms with Gasteiger partial charge in [-0.2, -0.15) is 5.26 Å². The summed E-state index contributed by atoms with van der Waals surface area (Å²) in [5.41, 5.74) is -0.174. The van der Waals surface area contributed by atoms with E-state index in [2.05, 4.69) is 26.5 Å². The van der Waals surface area contributed by atoms with Gasteiger partial charge in [0.25, 0.3) is 0 Å². The Hall–Kier alpha value is -2.44. The van der Waals surface area contributed by atoms with E-state index < -0.39 is 5.54 Å². The zero-order valence-electron chi connectivity index (χ0n) is 18.3. The monoisotopic (exact) mass is 444 g/mol. The lowest BCUT2D eigenvalue weighted by atomic mass is 9.90. The van der Waals surface area contributed by atoms with Crippen molar-refractivity contribution in [3.05, 3.63) is 35.9 Å². The molecule has 9 heteroatoms. The normalized spacial score (nSPS) is 16.6. The minimum Gasteiger partial charge on any atom is -0.337 e. The molecule has 1 aliphatic rings. The molecular weight excluding hydrogens is 415 g/mol. The molecule has 1 unspecified atom stereocenters. The van der Waals surface area contributed by atoms with Crippen LogP contribution in [0.5, 0.6) is 0 Å². The first-order valence-corrected chi connectivity index (χ1v) is 11.6. The molecule has 166 valence electrons. The summed E-state index contributed by atoms with van der Waals surface area (Å²) in [5, 5.41) is 21.5. The number of halogens is 1. The van der Waals surface area contributed by atoms with Crippen LogP contribution in [0.4, 0.5) is 4.39 Å². The van der Waals surface area contributed by atoms with Gasteiger partial charge in [-0.3, -0.25) is 14.3 Å². The van der Waals surface area contributed by atoms with Crippen LogP contribution in [0.25, 0.3) is 5.69 Å². The number of nitriles is 1. The summed E-state index contributed by atoms with van der Waals surface area (Å²) in [6.07, 6.45) is 3.58. The quantitative estimate of drug-likeness (QED) is 0.627. The molecule has 7 nitrogen and oxygen atoms in total. The van der Waals surface area contributed by atoms with Crippen molar-refractivity contribution in [3.63, 3.8) is 0 Å². The van der Waals surface area contributed by atoms with Gasteiger partial charge in [0.1, 0.15) is 11.4 Å². The highest BCUT2D eigenvalue weighted by Crippen LogP contribution is 2.24. The summed E-state index contributed by atoms with van der Waals surface area (Å²) in [7, 11) is 0. The first kappa shape index (κ1) is 23.2. The number of hydrogen-bond acceptors (Lipinski definition) is 6. The molecule has 2 aromatic rings. The maximum atomic E-state index is 13.5. The van der Waals surface area contributed by atoms with E-state index in [1.807, 2.05) is 18.4 Å². The van der Waals surface area contributed by atoms with E-state index in [0.29, 0.717) is 11.7 Å². The van der Waals surface area contributed by atoms with Crippen molar-refractivity contribution in [2.24, 2.45) is 5.92 Å². The molecule has 0 radical (unpaired) electrons. The Morgan fingerprint density at radius 2 is 1.94 bits per heavy atom. The first-order chi connectivity index (χ1) is 14.8. The second kappa shape index (κ2) is 10.2. The van der Waals surface area contributed by atoms with Crippen molar-refractivity contribution in [3.8, 4) is 11.8 Å². The number of nitrogens with zero attached hydrogens (tertiary/aromatic N) is 5. The minimum absolute atomic E-state index is 0.0227. The standard InChI is InChI=1S/C22H29FN6OS/c1-16(2)22(3,15-24)25-20(30)14-31-21-27-26-19(13-28-11-5-4-6-12-28)29(21)18-9-7-17(23)8-10-18/h7-10,16H,4-6,11-14H2,1-3H3,(H,25,30). The number of rotatable bonds is 8. The van der Waals surface area contributed by atoms with Crippen molar-refractivity contribution in [1.29, 1.82) is 5.26 Å². The van der Waals surface area contributed by atoms with Gasteiger partial charge in [0.05, 0.1) is 18.4 Å². The van der Waals surface area contributed by atoms with Crippen molar-refractivity contribution in [1.82, 2.24) is 25.0 Å². The van der Waals surface area contributed by atoms with Crippen molar-refractivity contribution in [2.75, 3.05) is 18.8 Å². The van der Waals surface area contributed by atoms with E-state index >= 15 is 0 Å². The van der Waals surface area contributed by atoms with Crippen LogP contribution in [-0.2, 0) is 11.3 Å². The van der Waals surface area contributed by atoms with E-state index in [4.69, 9.17) is 0 Å². The predicted octanol–water partition coefficient (Wildman–Crippen LogP) is 3.54. The fraction of sp³-hybridized carbons (Fsp3) is 0.545. The highest BCUT2D eigenvalue weighted by molar-refractivity contribution is 7.99. The Kier molecular flexibility index (Phi) is 7.68. The fourth-order valence-corrected chi connectivity index (χ4v) is 4.19. The number of nitrogens with one attached hydrogen (secondary N) is 1. The molecule has 1 aromatic carbocycles. The van der Waals surface area contributed by atoms with E-state index in [-0.39, 0.29) is 23.4 Å². The Labute approximate surface area is 187 Å². The Bertz CT molecular complexity index is 932. The summed E-state index contributed by atoms with van der Waals surface area (Å²) in [5.74, 6) is 0.292. The van der Waals surface area contributed by atoms with Crippen molar-refractivity contribution >= 4 is 17.7 Å². The number of carbonyl (C=O) groups excluding carboxylic acids is 1. The minimum atomic E-state index is -0.929. The van der Waals surface area contributed by atoms with Crippen molar-refractivity contribution < 1.29 is 9.18 Å². The number of aromatic nitrogens is 3. The van der Waals surface area contributed by atoms with Crippen molar-refractivity contribution in [2.45, 2.75) is 57.3 Å². The number of likely N-dealkylation sites (tertiary alicyclic amines) is 1.